The van der Waals surface area contributed by atoms with Gasteiger partial charge in [0.25, 0.3) is 5.91 Å². The summed E-state index contributed by atoms with van der Waals surface area (Å²) in [7, 11) is 1.46. The molecule has 3 N–H and O–H groups in total. The molecule has 1 aromatic heterocycles. The van der Waals surface area contributed by atoms with Gasteiger partial charge in [0.05, 0.1) is 30.9 Å². The highest BCUT2D eigenvalue weighted by Gasteiger charge is 2.25. The lowest BCUT2D eigenvalue weighted by Crippen LogP contribution is -2.38. The second-order valence-electron chi connectivity index (χ2n) is 5.16. The van der Waals surface area contributed by atoms with Gasteiger partial charge >= 0.3 is 0 Å². The zero-order valence-electron chi connectivity index (χ0n) is 13.4. The quantitative estimate of drug-likeness (QED) is 0.769. The van der Waals surface area contributed by atoms with Crippen molar-refractivity contribution in [3.8, 4) is 28.8 Å². The first-order valence-electron chi connectivity index (χ1n) is 7.50. The molecule has 0 fully saturated rings. The largest absolute Gasteiger partial charge is 0.507 e. The second kappa shape index (κ2) is 6.88. The first-order chi connectivity index (χ1) is 12.2. The summed E-state index contributed by atoms with van der Waals surface area (Å²) in [6, 6.07) is 8.10. The third-order valence-electron chi connectivity index (χ3n) is 3.66. The van der Waals surface area contributed by atoms with E-state index >= 15 is 0 Å². The number of nitriles is 1. The van der Waals surface area contributed by atoms with Crippen LogP contribution in [-0.2, 0) is 0 Å². The maximum absolute atomic E-state index is 12.7. The van der Waals surface area contributed by atoms with Gasteiger partial charge in [-0.05, 0) is 24.3 Å². The van der Waals surface area contributed by atoms with Crippen molar-refractivity contribution >= 4 is 11.9 Å². The lowest BCUT2D eigenvalue weighted by Gasteiger charge is -2.15. The monoisotopic (exact) mass is 337 g/mol. The molecule has 0 unspecified atom stereocenters. The van der Waals surface area contributed by atoms with Crippen molar-refractivity contribution in [2.24, 2.45) is 4.99 Å². The fourth-order valence-corrected chi connectivity index (χ4v) is 2.56. The van der Waals surface area contributed by atoms with Crippen molar-refractivity contribution in [2.45, 2.75) is 0 Å². The minimum absolute atomic E-state index is 0.0625. The summed E-state index contributed by atoms with van der Waals surface area (Å²) in [5, 5.41) is 25.3. The number of nitrogens with one attached hydrogen (secondary N) is 2. The van der Waals surface area contributed by atoms with Crippen LogP contribution in [0.2, 0.25) is 0 Å². The zero-order valence-corrected chi connectivity index (χ0v) is 13.4. The molecule has 2 heterocycles. The van der Waals surface area contributed by atoms with Crippen LogP contribution in [0.25, 0.3) is 11.3 Å². The molecule has 0 saturated heterocycles. The van der Waals surface area contributed by atoms with Gasteiger partial charge in [-0.1, -0.05) is 0 Å². The highest BCUT2D eigenvalue weighted by atomic mass is 16.5. The summed E-state index contributed by atoms with van der Waals surface area (Å²) < 4.78 is 5.29. The molecule has 8 nitrogen and oxygen atoms in total. The normalized spacial score (nSPS) is 12.7. The number of methoxy groups -OCH3 is 1. The molecule has 0 atom stereocenters. The molecule has 0 saturated carbocycles. The molecule has 0 bridgehead atoms. The van der Waals surface area contributed by atoms with Crippen molar-refractivity contribution < 1.29 is 14.6 Å². The number of phenolic OH excluding ortho intramolecular Hbond substituents is 1. The number of carbonyl (C=O) groups excluding carboxylic acids is 1. The standard InChI is InChI=1S/C17H15N5O3/c1-25-12-3-2-6-19-15(12)13-10(9-18)4-5-11(23)14(13)16(24)22-17-20-7-8-21-17/h2-6,23H,7-8H2,1H3,(H2,20,21,22,24). The number of aromatic hydroxyl groups is 1. The van der Waals surface area contributed by atoms with Crippen molar-refractivity contribution in [3.63, 3.8) is 0 Å². The second-order valence-corrected chi connectivity index (χ2v) is 5.16. The van der Waals surface area contributed by atoms with E-state index < -0.39 is 5.91 Å². The van der Waals surface area contributed by atoms with E-state index in [2.05, 4.69) is 20.6 Å². The van der Waals surface area contributed by atoms with Crippen LogP contribution in [0.1, 0.15) is 15.9 Å². The van der Waals surface area contributed by atoms with E-state index in [1.165, 1.54) is 25.4 Å². The molecule has 8 heteroatoms. The fraction of sp³-hybridized carbons (Fsp3) is 0.176. The number of ether oxygens (including phenoxy) is 1. The van der Waals surface area contributed by atoms with Gasteiger partial charge in [-0.3, -0.25) is 20.1 Å². The predicted molar refractivity (Wildman–Crippen MR) is 90.4 cm³/mol. The average molecular weight is 337 g/mol. The van der Waals surface area contributed by atoms with E-state index in [1.54, 1.807) is 12.1 Å². The van der Waals surface area contributed by atoms with Gasteiger partial charge in [-0.2, -0.15) is 5.26 Å². The highest BCUT2D eigenvalue weighted by molar-refractivity contribution is 6.11. The number of hydrogen-bond donors (Lipinski definition) is 3. The molecule has 1 aromatic carbocycles. The number of aromatic nitrogens is 1. The average Bonchev–Trinajstić information content (AvgIpc) is 3.14. The predicted octanol–water partition coefficient (Wildman–Crippen LogP) is 1.02. The lowest BCUT2D eigenvalue weighted by molar-refractivity contribution is 0.0974. The number of pyridine rings is 1. The maximum atomic E-state index is 12.7. The van der Waals surface area contributed by atoms with Crippen LogP contribution in [0.3, 0.4) is 0 Å². The minimum atomic E-state index is -0.592. The van der Waals surface area contributed by atoms with Gasteiger partial charge in [0, 0.05) is 18.3 Å². The van der Waals surface area contributed by atoms with Gasteiger partial charge in [0.1, 0.15) is 17.2 Å². The summed E-state index contributed by atoms with van der Waals surface area (Å²) in [4.78, 5) is 21.0. The summed E-state index contributed by atoms with van der Waals surface area (Å²) in [6.07, 6.45) is 1.52. The van der Waals surface area contributed by atoms with Crippen molar-refractivity contribution in [1.82, 2.24) is 15.6 Å². The van der Waals surface area contributed by atoms with Crippen LogP contribution in [0.4, 0.5) is 0 Å². The van der Waals surface area contributed by atoms with Gasteiger partial charge in [0.15, 0.2) is 5.96 Å². The molecular formula is C17H15N5O3. The van der Waals surface area contributed by atoms with Crippen LogP contribution in [0.15, 0.2) is 35.5 Å². The zero-order chi connectivity index (χ0) is 17.8. The van der Waals surface area contributed by atoms with Crippen LogP contribution >= 0.6 is 0 Å². The van der Waals surface area contributed by atoms with E-state index in [-0.39, 0.29) is 22.4 Å². The third-order valence-corrected chi connectivity index (χ3v) is 3.66. The Balaban J connectivity index is 2.17. The van der Waals surface area contributed by atoms with E-state index in [1.807, 2.05) is 6.07 Å². The molecule has 3 rings (SSSR count). The number of phenols is 1. The summed E-state index contributed by atoms with van der Waals surface area (Å²) >= 11 is 0. The van der Waals surface area contributed by atoms with E-state index in [0.29, 0.717) is 30.5 Å². The molecule has 126 valence electrons. The Bertz CT molecular complexity index is 902. The number of benzene rings is 1. The summed E-state index contributed by atoms with van der Waals surface area (Å²) in [5.41, 5.74) is 0.633. The SMILES string of the molecule is COc1cccnc1-c1c(C#N)ccc(O)c1C(=O)NC1=NCCN1. The number of aliphatic imine (C=N–C) groups is 1. The Morgan fingerprint density at radius 2 is 2.28 bits per heavy atom. The Morgan fingerprint density at radius 1 is 1.44 bits per heavy atom. The van der Waals surface area contributed by atoms with Crippen LogP contribution < -0.4 is 15.4 Å². The van der Waals surface area contributed by atoms with Gasteiger partial charge < -0.3 is 15.2 Å². The molecule has 1 aliphatic rings. The first kappa shape index (κ1) is 16.3. The maximum Gasteiger partial charge on any atom is 0.262 e. The Labute approximate surface area is 143 Å². The first-order valence-corrected chi connectivity index (χ1v) is 7.50. The van der Waals surface area contributed by atoms with E-state index in [4.69, 9.17) is 4.74 Å². The Hall–Kier alpha value is -3.60. The molecular weight excluding hydrogens is 322 g/mol. The summed E-state index contributed by atoms with van der Waals surface area (Å²) in [5.74, 6) is -0.149. The minimum Gasteiger partial charge on any atom is -0.507 e. The van der Waals surface area contributed by atoms with Gasteiger partial charge in [-0.15, -0.1) is 0 Å². The number of amides is 1. The molecule has 0 spiro atoms. The van der Waals surface area contributed by atoms with E-state index in [9.17, 15) is 15.2 Å². The van der Waals surface area contributed by atoms with Crippen LogP contribution in [-0.4, -0.2) is 42.2 Å². The number of rotatable bonds is 3. The van der Waals surface area contributed by atoms with Crippen molar-refractivity contribution in [3.05, 3.63) is 41.6 Å². The van der Waals surface area contributed by atoms with Crippen LogP contribution in [0.5, 0.6) is 11.5 Å². The highest BCUT2D eigenvalue weighted by Crippen LogP contribution is 2.36. The lowest BCUT2D eigenvalue weighted by atomic mass is 9.96. The van der Waals surface area contributed by atoms with Crippen molar-refractivity contribution in [1.29, 1.82) is 5.26 Å². The van der Waals surface area contributed by atoms with Crippen LogP contribution in [0, 0.1) is 11.3 Å². The molecule has 25 heavy (non-hydrogen) atoms. The third kappa shape index (κ3) is 3.07. The number of hydrogen-bond acceptors (Lipinski definition) is 7. The fourth-order valence-electron chi connectivity index (χ4n) is 2.56. The topological polar surface area (TPSA) is 120 Å². The molecule has 1 amide bonds. The number of guanidine groups is 1. The summed E-state index contributed by atoms with van der Waals surface area (Å²) in [6.45, 7) is 1.18. The van der Waals surface area contributed by atoms with Gasteiger partial charge in [0.2, 0.25) is 0 Å². The van der Waals surface area contributed by atoms with Crippen molar-refractivity contribution in [2.75, 3.05) is 20.2 Å². The molecule has 0 radical (unpaired) electrons. The Kier molecular flexibility index (Phi) is 4.48. The number of carbonyl (C=O) groups is 1. The molecule has 1 aliphatic heterocycles. The smallest absolute Gasteiger partial charge is 0.262 e. The molecule has 0 aliphatic carbocycles. The van der Waals surface area contributed by atoms with Gasteiger partial charge in [-0.25, -0.2) is 0 Å². The van der Waals surface area contributed by atoms with E-state index in [0.717, 1.165) is 0 Å². The molecule has 2 aromatic rings. The number of nitrogens with zero attached hydrogens (tertiary/aromatic N) is 3. The Morgan fingerprint density at radius 3 is 2.96 bits per heavy atom.